The van der Waals surface area contributed by atoms with Crippen molar-refractivity contribution < 1.29 is 4.74 Å². The van der Waals surface area contributed by atoms with Crippen LogP contribution in [-0.2, 0) is 4.74 Å². The summed E-state index contributed by atoms with van der Waals surface area (Å²) in [5.74, 6) is 0.630. The third-order valence-corrected chi connectivity index (χ3v) is 7.53. The number of benzene rings is 1. The molecule has 2 saturated heterocycles. The van der Waals surface area contributed by atoms with Crippen LogP contribution in [0.25, 0.3) is 0 Å². The first-order valence-corrected chi connectivity index (χ1v) is 12.7. The number of nitrogens with zero attached hydrogens (tertiary/aromatic N) is 4. The van der Waals surface area contributed by atoms with E-state index in [2.05, 4.69) is 89.3 Å². The molecular formula is C27H42N4O. The molecule has 1 aromatic carbocycles. The first-order valence-electron chi connectivity index (χ1n) is 12.7. The van der Waals surface area contributed by atoms with Gasteiger partial charge in [0.25, 0.3) is 0 Å². The Morgan fingerprint density at radius 1 is 1.06 bits per heavy atom. The van der Waals surface area contributed by atoms with Crippen molar-refractivity contribution in [2.45, 2.75) is 51.6 Å². The van der Waals surface area contributed by atoms with Gasteiger partial charge in [-0.15, -0.1) is 0 Å². The number of likely N-dealkylation sites (N-methyl/N-ethyl adjacent to an activating group) is 1. The van der Waals surface area contributed by atoms with Gasteiger partial charge in [0.15, 0.2) is 0 Å². The number of hydrogen-bond acceptors (Lipinski definition) is 5. The topological polar surface area (TPSA) is 22.2 Å². The molecule has 5 heteroatoms. The summed E-state index contributed by atoms with van der Waals surface area (Å²) in [6.45, 7) is 12.0. The van der Waals surface area contributed by atoms with Crippen LogP contribution in [-0.4, -0.2) is 79.9 Å². The second kappa shape index (κ2) is 11.5. The molecule has 0 bridgehead atoms. The van der Waals surface area contributed by atoms with Crippen LogP contribution in [0.4, 0.5) is 5.69 Å². The lowest BCUT2D eigenvalue weighted by Gasteiger charge is -2.42. The molecule has 0 radical (unpaired) electrons. The van der Waals surface area contributed by atoms with Gasteiger partial charge in [0, 0.05) is 44.3 Å². The molecule has 2 atom stereocenters. The first kappa shape index (κ1) is 23.5. The summed E-state index contributed by atoms with van der Waals surface area (Å²) in [7, 11) is 2.25. The van der Waals surface area contributed by atoms with E-state index in [0.717, 1.165) is 32.7 Å². The van der Waals surface area contributed by atoms with Gasteiger partial charge in [0.1, 0.15) is 0 Å². The number of allylic oxidation sites excluding steroid dienone is 2. The summed E-state index contributed by atoms with van der Waals surface area (Å²) in [6.07, 6.45) is 11.8. The first-order chi connectivity index (χ1) is 15.7. The molecule has 2 fully saturated rings. The van der Waals surface area contributed by atoms with E-state index in [1.165, 1.54) is 50.3 Å². The average molecular weight is 439 g/mol. The maximum Gasteiger partial charge on any atom is 0.0594 e. The third kappa shape index (κ3) is 5.45. The Bertz CT molecular complexity index is 750. The van der Waals surface area contributed by atoms with E-state index in [-0.39, 0.29) is 0 Å². The Morgan fingerprint density at radius 2 is 1.78 bits per heavy atom. The van der Waals surface area contributed by atoms with Crippen LogP contribution in [0.15, 0.2) is 54.3 Å². The molecule has 0 spiro atoms. The molecule has 2 unspecified atom stereocenters. The van der Waals surface area contributed by atoms with Crippen molar-refractivity contribution in [2.24, 2.45) is 5.92 Å². The molecule has 0 saturated carbocycles. The van der Waals surface area contributed by atoms with Crippen molar-refractivity contribution in [3.8, 4) is 0 Å². The zero-order valence-electron chi connectivity index (χ0n) is 20.3. The molecule has 0 N–H and O–H groups in total. The van der Waals surface area contributed by atoms with Gasteiger partial charge >= 0.3 is 0 Å². The van der Waals surface area contributed by atoms with Gasteiger partial charge in [-0.1, -0.05) is 37.3 Å². The minimum absolute atomic E-state index is 0.434. The molecule has 0 aromatic heterocycles. The molecule has 3 heterocycles. The predicted molar refractivity (Wildman–Crippen MR) is 134 cm³/mol. The van der Waals surface area contributed by atoms with E-state index in [0.29, 0.717) is 18.0 Å². The highest BCUT2D eigenvalue weighted by molar-refractivity contribution is 5.53. The SMILES string of the molecule is C/C=C\CC1C=C(C2CCN(C(CC)CN3CCOCC3)CC2)N(c2ccccc2)N1C. The van der Waals surface area contributed by atoms with Gasteiger partial charge in [-0.3, -0.25) is 14.8 Å². The predicted octanol–water partition coefficient (Wildman–Crippen LogP) is 4.39. The Kier molecular flexibility index (Phi) is 8.42. The van der Waals surface area contributed by atoms with Gasteiger partial charge in [0.2, 0.25) is 0 Å². The molecule has 32 heavy (non-hydrogen) atoms. The van der Waals surface area contributed by atoms with Crippen molar-refractivity contribution in [3.05, 3.63) is 54.3 Å². The van der Waals surface area contributed by atoms with Gasteiger partial charge in [0.05, 0.1) is 24.9 Å². The lowest BCUT2D eigenvalue weighted by molar-refractivity contribution is 0.0179. The van der Waals surface area contributed by atoms with E-state index >= 15 is 0 Å². The Morgan fingerprint density at radius 3 is 2.44 bits per heavy atom. The van der Waals surface area contributed by atoms with Crippen LogP contribution < -0.4 is 5.01 Å². The maximum absolute atomic E-state index is 5.55. The number of likely N-dealkylation sites (tertiary alicyclic amines) is 1. The zero-order chi connectivity index (χ0) is 22.3. The largest absolute Gasteiger partial charge is 0.379 e. The van der Waals surface area contributed by atoms with Crippen molar-refractivity contribution in [1.29, 1.82) is 0 Å². The van der Waals surface area contributed by atoms with Crippen LogP contribution in [0.3, 0.4) is 0 Å². The molecule has 5 nitrogen and oxygen atoms in total. The van der Waals surface area contributed by atoms with Crippen LogP contribution in [0, 0.1) is 5.92 Å². The minimum Gasteiger partial charge on any atom is -0.379 e. The van der Waals surface area contributed by atoms with Crippen LogP contribution in [0.2, 0.25) is 0 Å². The minimum atomic E-state index is 0.434. The summed E-state index contributed by atoms with van der Waals surface area (Å²) < 4.78 is 5.55. The van der Waals surface area contributed by atoms with Crippen molar-refractivity contribution in [1.82, 2.24) is 14.8 Å². The smallest absolute Gasteiger partial charge is 0.0594 e. The maximum atomic E-state index is 5.55. The average Bonchev–Trinajstić information content (AvgIpc) is 3.18. The lowest BCUT2D eigenvalue weighted by Crippen LogP contribution is -2.50. The zero-order valence-corrected chi connectivity index (χ0v) is 20.3. The standard InChI is InChI=1S/C27H42N4O/c1-4-6-10-26-21-27(31(28(26)3)25-11-8-7-9-12-25)23-13-15-30(16-14-23)24(5-2)22-29-17-19-32-20-18-29/h4,6-9,11-12,21,23-24,26H,5,10,13-20,22H2,1-3H3/b6-4-. The van der Waals surface area contributed by atoms with E-state index < -0.39 is 0 Å². The highest BCUT2D eigenvalue weighted by atomic mass is 16.5. The molecule has 0 aliphatic carbocycles. The van der Waals surface area contributed by atoms with Crippen molar-refractivity contribution in [2.75, 3.05) is 58.0 Å². The highest BCUT2D eigenvalue weighted by Gasteiger charge is 2.36. The number of rotatable bonds is 8. The van der Waals surface area contributed by atoms with E-state index in [4.69, 9.17) is 4.74 Å². The van der Waals surface area contributed by atoms with Gasteiger partial charge < -0.3 is 4.74 Å². The normalized spacial score (nSPS) is 25.5. The summed E-state index contributed by atoms with van der Waals surface area (Å²) in [6, 6.07) is 12.0. The molecule has 176 valence electrons. The molecule has 3 aliphatic rings. The number of ether oxygens (including phenoxy) is 1. The van der Waals surface area contributed by atoms with Gasteiger partial charge in [-0.2, -0.15) is 0 Å². The van der Waals surface area contributed by atoms with E-state index in [1.807, 2.05) is 0 Å². The Balaban J connectivity index is 1.42. The number of morpholine rings is 1. The third-order valence-electron chi connectivity index (χ3n) is 7.53. The molecule has 3 aliphatic heterocycles. The van der Waals surface area contributed by atoms with Crippen LogP contribution >= 0.6 is 0 Å². The fourth-order valence-electron chi connectivity index (χ4n) is 5.56. The van der Waals surface area contributed by atoms with E-state index in [9.17, 15) is 0 Å². The molecule has 0 amide bonds. The van der Waals surface area contributed by atoms with Gasteiger partial charge in [-0.05, 0) is 63.9 Å². The fraction of sp³-hybridized carbons (Fsp3) is 0.630. The number of hydrazine groups is 1. The number of hydrogen-bond donors (Lipinski definition) is 0. The quantitative estimate of drug-likeness (QED) is 0.560. The lowest BCUT2D eigenvalue weighted by atomic mass is 9.91. The number of piperidine rings is 1. The van der Waals surface area contributed by atoms with Crippen molar-refractivity contribution in [3.63, 3.8) is 0 Å². The summed E-state index contributed by atoms with van der Waals surface area (Å²) in [5.41, 5.74) is 2.79. The molecule has 1 aromatic rings. The Hall–Kier alpha value is -1.66. The second-order valence-electron chi connectivity index (χ2n) is 9.47. The monoisotopic (exact) mass is 438 g/mol. The van der Waals surface area contributed by atoms with Gasteiger partial charge in [-0.25, -0.2) is 5.01 Å². The second-order valence-corrected chi connectivity index (χ2v) is 9.47. The van der Waals surface area contributed by atoms with E-state index in [1.54, 1.807) is 0 Å². The molecular weight excluding hydrogens is 396 g/mol. The highest BCUT2D eigenvalue weighted by Crippen LogP contribution is 2.37. The van der Waals surface area contributed by atoms with Crippen LogP contribution in [0.5, 0.6) is 0 Å². The summed E-state index contributed by atoms with van der Waals surface area (Å²) in [4.78, 5) is 5.36. The number of para-hydroxylation sites is 1. The molecule has 4 rings (SSSR count). The van der Waals surface area contributed by atoms with Crippen molar-refractivity contribution >= 4 is 5.69 Å². The summed E-state index contributed by atoms with van der Waals surface area (Å²) >= 11 is 0. The summed E-state index contributed by atoms with van der Waals surface area (Å²) in [5, 5.41) is 4.92. The number of anilines is 1. The fourth-order valence-corrected chi connectivity index (χ4v) is 5.56. The Labute approximate surface area is 195 Å². The van der Waals surface area contributed by atoms with Crippen LogP contribution in [0.1, 0.15) is 39.5 Å².